The van der Waals surface area contributed by atoms with E-state index in [9.17, 15) is 0 Å². The zero-order valence-corrected chi connectivity index (χ0v) is 13.1. The van der Waals surface area contributed by atoms with Crippen molar-refractivity contribution in [3.05, 3.63) is 40.4 Å². The van der Waals surface area contributed by atoms with Crippen LogP contribution in [-0.4, -0.2) is 23.3 Å². The highest BCUT2D eigenvalue weighted by Gasteiger charge is 2.04. The van der Waals surface area contributed by atoms with E-state index in [1.54, 1.807) is 6.07 Å². The molecule has 1 aromatic heterocycles. The fraction of sp³-hybridized carbons (Fsp3) is 0.231. The molecule has 100 valence electrons. The summed E-state index contributed by atoms with van der Waals surface area (Å²) in [5, 5.41) is 3.69. The monoisotopic (exact) mass is 339 g/mol. The number of benzene rings is 1. The number of aromatic nitrogens is 2. The van der Waals surface area contributed by atoms with Gasteiger partial charge in [-0.1, -0.05) is 39.8 Å². The number of thioether (sulfide) groups is 1. The molecule has 0 atom stereocenters. The van der Waals surface area contributed by atoms with E-state index >= 15 is 0 Å². The Hall–Kier alpha value is -1.27. The van der Waals surface area contributed by atoms with Crippen molar-refractivity contribution in [3.8, 4) is 5.88 Å². The second-order valence-corrected chi connectivity index (χ2v) is 5.44. The fourth-order valence-corrected chi connectivity index (χ4v) is 2.30. The fourth-order valence-electron chi connectivity index (χ4n) is 1.48. The molecule has 0 amide bonds. The first kappa shape index (κ1) is 14.1. The van der Waals surface area contributed by atoms with Crippen molar-refractivity contribution in [3.63, 3.8) is 0 Å². The number of rotatable bonds is 5. The smallest absolute Gasteiger partial charge is 0.219 e. The number of nitrogens with one attached hydrogen (secondary N) is 1. The third kappa shape index (κ3) is 4.11. The van der Waals surface area contributed by atoms with Gasteiger partial charge in [-0.2, -0.15) is 4.98 Å². The van der Waals surface area contributed by atoms with Crippen molar-refractivity contribution in [2.24, 2.45) is 0 Å². The van der Waals surface area contributed by atoms with Gasteiger partial charge < -0.3 is 10.1 Å². The lowest BCUT2D eigenvalue weighted by molar-refractivity contribution is 0.291. The minimum Gasteiger partial charge on any atom is -0.473 e. The summed E-state index contributed by atoms with van der Waals surface area (Å²) in [5.74, 6) is 1.33. The van der Waals surface area contributed by atoms with Crippen LogP contribution >= 0.6 is 27.7 Å². The van der Waals surface area contributed by atoms with Crippen LogP contribution in [0.5, 0.6) is 5.88 Å². The summed E-state index contributed by atoms with van der Waals surface area (Å²) in [6, 6.07) is 9.79. The Balaban J connectivity index is 2.10. The summed E-state index contributed by atoms with van der Waals surface area (Å²) >= 11 is 4.93. The van der Waals surface area contributed by atoms with Crippen molar-refractivity contribution in [1.82, 2.24) is 9.97 Å². The largest absolute Gasteiger partial charge is 0.473 e. The van der Waals surface area contributed by atoms with E-state index in [0.29, 0.717) is 17.6 Å². The van der Waals surface area contributed by atoms with Crippen molar-refractivity contribution in [1.29, 1.82) is 0 Å². The van der Waals surface area contributed by atoms with Gasteiger partial charge in [0.1, 0.15) is 12.4 Å². The Kier molecular flexibility index (Phi) is 5.04. The van der Waals surface area contributed by atoms with E-state index in [0.717, 1.165) is 15.9 Å². The summed E-state index contributed by atoms with van der Waals surface area (Å²) in [6.45, 7) is 0.480. The zero-order valence-electron chi connectivity index (χ0n) is 10.7. The van der Waals surface area contributed by atoms with Crippen molar-refractivity contribution in [2.45, 2.75) is 11.8 Å². The lowest BCUT2D eigenvalue weighted by Crippen LogP contribution is -2.01. The molecule has 6 heteroatoms. The number of hydrogen-bond donors (Lipinski definition) is 1. The molecule has 0 aliphatic rings. The third-order valence-electron chi connectivity index (χ3n) is 2.40. The van der Waals surface area contributed by atoms with Gasteiger partial charge in [0, 0.05) is 17.6 Å². The molecular weight excluding hydrogens is 326 g/mol. The molecule has 19 heavy (non-hydrogen) atoms. The lowest BCUT2D eigenvalue weighted by atomic mass is 10.2. The third-order valence-corrected chi connectivity index (χ3v) is 3.44. The molecular formula is C13H14BrN3OS. The second-order valence-electron chi connectivity index (χ2n) is 3.75. The van der Waals surface area contributed by atoms with E-state index in [1.165, 1.54) is 11.8 Å². The van der Waals surface area contributed by atoms with Crippen LogP contribution in [0.25, 0.3) is 0 Å². The van der Waals surface area contributed by atoms with Gasteiger partial charge >= 0.3 is 0 Å². The highest BCUT2D eigenvalue weighted by molar-refractivity contribution is 9.10. The Labute approximate surface area is 125 Å². The number of halogens is 1. The average Bonchev–Trinajstić information content (AvgIpc) is 2.44. The first-order valence-corrected chi connectivity index (χ1v) is 7.71. The van der Waals surface area contributed by atoms with Gasteiger partial charge in [0.15, 0.2) is 5.16 Å². The Morgan fingerprint density at radius 1 is 1.32 bits per heavy atom. The molecule has 2 aromatic rings. The molecule has 0 unspecified atom stereocenters. The maximum atomic E-state index is 5.71. The van der Waals surface area contributed by atoms with Crippen molar-refractivity contribution in [2.75, 3.05) is 18.6 Å². The highest BCUT2D eigenvalue weighted by Crippen LogP contribution is 2.20. The molecule has 0 bridgehead atoms. The summed E-state index contributed by atoms with van der Waals surface area (Å²) in [5.41, 5.74) is 1.09. The van der Waals surface area contributed by atoms with Crippen LogP contribution in [-0.2, 0) is 6.61 Å². The molecule has 1 aromatic carbocycles. The average molecular weight is 340 g/mol. The number of ether oxygens (including phenoxy) is 1. The van der Waals surface area contributed by atoms with Crippen LogP contribution < -0.4 is 10.1 Å². The van der Waals surface area contributed by atoms with Gasteiger partial charge in [-0.05, 0) is 24.0 Å². The minimum absolute atomic E-state index is 0.480. The zero-order chi connectivity index (χ0) is 13.7. The number of anilines is 1. The SMILES string of the molecule is CNc1cc(OCc2cccc(Br)c2)nc(SC)n1. The van der Waals surface area contributed by atoms with Gasteiger partial charge in [-0.15, -0.1) is 0 Å². The molecule has 0 saturated heterocycles. The highest BCUT2D eigenvalue weighted by atomic mass is 79.9. The Morgan fingerprint density at radius 3 is 2.84 bits per heavy atom. The van der Waals surface area contributed by atoms with Crippen LogP contribution in [0, 0.1) is 0 Å². The van der Waals surface area contributed by atoms with Crippen LogP contribution in [0.15, 0.2) is 40.0 Å². The van der Waals surface area contributed by atoms with E-state index in [2.05, 4.69) is 31.2 Å². The van der Waals surface area contributed by atoms with E-state index in [4.69, 9.17) is 4.74 Å². The molecule has 0 spiro atoms. The van der Waals surface area contributed by atoms with E-state index in [1.807, 2.05) is 37.6 Å². The maximum absolute atomic E-state index is 5.71. The van der Waals surface area contributed by atoms with Crippen LogP contribution in [0.1, 0.15) is 5.56 Å². The van der Waals surface area contributed by atoms with Gasteiger partial charge in [-0.3, -0.25) is 0 Å². The minimum atomic E-state index is 0.480. The van der Waals surface area contributed by atoms with Crippen LogP contribution in [0.2, 0.25) is 0 Å². The van der Waals surface area contributed by atoms with Crippen molar-refractivity contribution < 1.29 is 4.74 Å². The van der Waals surface area contributed by atoms with E-state index < -0.39 is 0 Å². The number of nitrogens with zero attached hydrogens (tertiary/aromatic N) is 2. The molecule has 0 radical (unpaired) electrons. The topological polar surface area (TPSA) is 47.0 Å². The second kappa shape index (κ2) is 6.77. The van der Waals surface area contributed by atoms with E-state index in [-0.39, 0.29) is 0 Å². The predicted octanol–water partition coefficient (Wildman–Crippen LogP) is 3.58. The quantitative estimate of drug-likeness (QED) is 0.666. The summed E-state index contributed by atoms with van der Waals surface area (Å²) in [6.07, 6.45) is 1.94. The molecule has 2 rings (SSSR count). The summed E-state index contributed by atoms with van der Waals surface area (Å²) < 4.78 is 6.75. The first-order valence-electron chi connectivity index (χ1n) is 5.69. The molecule has 0 aliphatic heterocycles. The number of hydrogen-bond acceptors (Lipinski definition) is 5. The summed E-state index contributed by atoms with van der Waals surface area (Å²) in [4.78, 5) is 8.61. The van der Waals surface area contributed by atoms with Gasteiger partial charge in [0.05, 0.1) is 0 Å². The van der Waals surface area contributed by atoms with Crippen molar-refractivity contribution >= 4 is 33.5 Å². The lowest BCUT2D eigenvalue weighted by Gasteiger charge is -2.08. The Morgan fingerprint density at radius 2 is 2.16 bits per heavy atom. The standard InChI is InChI=1S/C13H14BrN3OS/c1-15-11-7-12(17-13(16-11)19-2)18-8-9-4-3-5-10(14)6-9/h3-7H,8H2,1-2H3,(H,15,16,17). The maximum Gasteiger partial charge on any atom is 0.219 e. The van der Waals surface area contributed by atoms with Crippen LogP contribution in [0.3, 0.4) is 0 Å². The van der Waals surface area contributed by atoms with Gasteiger partial charge in [-0.25, -0.2) is 4.98 Å². The molecule has 0 fully saturated rings. The molecule has 0 saturated carbocycles. The predicted molar refractivity (Wildman–Crippen MR) is 81.8 cm³/mol. The molecule has 0 aliphatic carbocycles. The molecule has 4 nitrogen and oxygen atoms in total. The normalized spacial score (nSPS) is 10.3. The van der Waals surface area contributed by atoms with Gasteiger partial charge in [0.2, 0.25) is 5.88 Å². The van der Waals surface area contributed by atoms with Crippen LogP contribution in [0.4, 0.5) is 5.82 Å². The molecule has 1 N–H and O–H groups in total. The van der Waals surface area contributed by atoms with Gasteiger partial charge in [0.25, 0.3) is 0 Å². The summed E-state index contributed by atoms with van der Waals surface area (Å²) in [7, 11) is 1.82. The Bertz CT molecular complexity index is 543. The molecule has 1 heterocycles. The first-order chi connectivity index (χ1) is 9.21.